The van der Waals surface area contributed by atoms with Crippen molar-refractivity contribution >= 4 is 23.1 Å². The number of aromatic nitrogens is 2. The summed E-state index contributed by atoms with van der Waals surface area (Å²) in [5.41, 5.74) is 6.18. The predicted molar refractivity (Wildman–Crippen MR) is 64.2 cm³/mol. The fraction of sp³-hybridized carbons (Fsp3) is 0.600. The summed E-state index contributed by atoms with van der Waals surface area (Å²) in [5.74, 6) is 0.646. The second kappa shape index (κ2) is 3.68. The molecule has 2 aliphatic rings. The Kier molecular flexibility index (Phi) is 2.38. The Morgan fingerprint density at radius 2 is 2.47 bits per heavy atom. The van der Waals surface area contributed by atoms with Crippen LogP contribution in [-0.4, -0.2) is 41.5 Å². The van der Waals surface area contributed by atoms with E-state index < -0.39 is 12.2 Å². The molecule has 3 heterocycles. The highest BCUT2D eigenvalue weighted by molar-refractivity contribution is 6.29. The zero-order valence-electron chi connectivity index (χ0n) is 9.16. The number of alkyl halides is 1. The van der Waals surface area contributed by atoms with Crippen molar-refractivity contribution in [1.29, 1.82) is 0 Å². The minimum atomic E-state index is -0.557. The lowest BCUT2D eigenvalue weighted by atomic mass is 9.94. The van der Waals surface area contributed by atoms with Crippen LogP contribution in [0.25, 0.3) is 0 Å². The smallest absolute Gasteiger partial charge is 0.172 e. The maximum atomic E-state index is 13.4. The number of halogens is 2. The van der Waals surface area contributed by atoms with Crippen molar-refractivity contribution in [3.05, 3.63) is 11.2 Å². The molecule has 2 aliphatic heterocycles. The summed E-state index contributed by atoms with van der Waals surface area (Å²) >= 11 is 5.84. The summed E-state index contributed by atoms with van der Waals surface area (Å²) in [6.45, 7) is 0.689. The molecule has 7 heteroatoms. The Hall–Kier alpha value is -1.14. The van der Waals surface area contributed by atoms with Crippen LogP contribution in [0.4, 0.5) is 15.9 Å². The highest BCUT2D eigenvalue weighted by atomic mass is 35.5. The zero-order valence-corrected chi connectivity index (χ0v) is 9.91. The van der Waals surface area contributed by atoms with Crippen LogP contribution >= 0.6 is 11.6 Å². The molecule has 17 heavy (non-hydrogen) atoms. The Balaban J connectivity index is 2.08. The monoisotopic (exact) mass is 257 g/mol. The standard InChI is InChI=1S/C10H13ClFN5/c11-8-1-7-9(16-15-8)14-5-10(4-12)2-6(13)3-17(7)10/h1,6H,2-5,13H2,(H,14,16)/t6-,10+/m1/s1. The first-order valence-corrected chi connectivity index (χ1v) is 5.89. The molecule has 1 saturated heterocycles. The summed E-state index contributed by atoms with van der Waals surface area (Å²) in [4.78, 5) is 1.98. The Labute approximate surface area is 103 Å². The van der Waals surface area contributed by atoms with Crippen molar-refractivity contribution < 1.29 is 4.39 Å². The lowest BCUT2D eigenvalue weighted by Crippen LogP contribution is -2.54. The molecular weight excluding hydrogens is 245 g/mol. The molecule has 0 saturated carbocycles. The van der Waals surface area contributed by atoms with Gasteiger partial charge in [-0.15, -0.1) is 10.2 Å². The molecule has 92 valence electrons. The quantitative estimate of drug-likeness (QED) is 0.779. The first-order valence-electron chi connectivity index (χ1n) is 5.51. The summed E-state index contributed by atoms with van der Waals surface area (Å²) in [7, 11) is 0. The molecule has 3 N–H and O–H groups in total. The summed E-state index contributed by atoms with van der Waals surface area (Å²) in [5, 5.41) is 11.2. The average Bonchev–Trinajstić information content (AvgIpc) is 2.66. The molecule has 0 amide bonds. The van der Waals surface area contributed by atoms with E-state index in [4.69, 9.17) is 17.3 Å². The molecule has 0 radical (unpaired) electrons. The van der Waals surface area contributed by atoms with Crippen LogP contribution in [0.15, 0.2) is 6.07 Å². The number of anilines is 2. The number of nitrogens with two attached hydrogens (primary N) is 1. The molecule has 0 bridgehead atoms. The molecular formula is C10H13ClFN5. The van der Waals surface area contributed by atoms with Crippen LogP contribution in [0, 0.1) is 0 Å². The van der Waals surface area contributed by atoms with Gasteiger partial charge in [0.15, 0.2) is 11.0 Å². The highest BCUT2D eigenvalue weighted by Crippen LogP contribution is 2.41. The fourth-order valence-corrected chi connectivity index (χ4v) is 2.87. The van der Waals surface area contributed by atoms with Crippen LogP contribution in [0.5, 0.6) is 0 Å². The number of nitrogens with one attached hydrogen (secondary N) is 1. The predicted octanol–water partition coefficient (Wildman–Crippen LogP) is 0.801. The minimum absolute atomic E-state index is 0.0227. The molecule has 2 atom stereocenters. The molecule has 0 aliphatic carbocycles. The van der Waals surface area contributed by atoms with Gasteiger partial charge in [-0.3, -0.25) is 0 Å². The van der Waals surface area contributed by atoms with E-state index in [9.17, 15) is 4.39 Å². The number of fused-ring (bicyclic) bond motifs is 3. The summed E-state index contributed by atoms with van der Waals surface area (Å²) < 4.78 is 13.4. The Bertz CT molecular complexity index is 456. The van der Waals surface area contributed by atoms with Gasteiger partial charge in [-0.2, -0.15) is 0 Å². The zero-order chi connectivity index (χ0) is 12.0. The molecule has 1 fully saturated rings. The van der Waals surface area contributed by atoms with Crippen molar-refractivity contribution in [2.75, 3.05) is 30.0 Å². The van der Waals surface area contributed by atoms with E-state index in [-0.39, 0.29) is 6.04 Å². The van der Waals surface area contributed by atoms with E-state index in [0.29, 0.717) is 30.5 Å². The van der Waals surface area contributed by atoms with Gasteiger partial charge in [-0.05, 0) is 6.42 Å². The van der Waals surface area contributed by atoms with E-state index in [1.807, 2.05) is 4.90 Å². The second-order valence-electron chi connectivity index (χ2n) is 4.69. The third kappa shape index (κ3) is 1.55. The minimum Gasteiger partial charge on any atom is -0.364 e. The van der Waals surface area contributed by atoms with Crippen LogP contribution < -0.4 is 16.0 Å². The van der Waals surface area contributed by atoms with Crippen molar-refractivity contribution in [1.82, 2.24) is 10.2 Å². The number of rotatable bonds is 1. The van der Waals surface area contributed by atoms with E-state index in [0.717, 1.165) is 5.69 Å². The van der Waals surface area contributed by atoms with Crippen LogP contribution in [0.2, 0.25) is 5.15 Å². The maximum absolute atomic E-state index is 13.4. The van der Waals surface area contributed by atoms with Gasteiger partial charge in [0.2, 0.25) is 0 Å². The highest BCUT2D eigenvalue weighted by Gasteiger charge is 2.48. The van der Waals surface area contributed by atoms with Gasteiger partial charge in [0.05, 0.1) is 11.2 Å². The first kappa shape index (κ1) is 11.0. The van der Waals surface area contributed by atoms with E-state index >= 15 is 0 Å². The summed E-state index contributed by atoms with van der Waals surface area (Å²) in [6, 6.07) is 1.68. The third-order valence-corrected chi connectivity index (χ3v) is 3.68. The lowest BCUT2D eigenvalue weighted by molar-refractivity contribution is 0.311. The van der Waals surface area contributed by atoms with E-state index in [1.165, 1.54) is 0 Å². The normalized spacial score (nSPS) is 30.8. The number of hydrogen-bond donors (Lipinski definition) is 2. The largest absolute Gasteiger partial charge is 0.364 e. The number of nitrogens with zero attached hydrogens (tertiary/aromatic N) is 3. The van der Waals surface area contributed by atoms with Crippen LogP contribution in [-0.2, 0) is 0 Å². The average molecular weight is 258 g/mol. The van der Waals surface area contributed by atoms with Crippen LogP contribution in [0.3, 0.4) is 0 Å². The molecule has 3 rings (SSSR count). The maximum Gasteiger partial charge on any atom is 0.172 e. The molecule has 0 unspecified atom stereocenters. The van der Waals surface area contributed by atoms with E-state index in [1.54, 1.807) is 6.07 Å². The van der Waals surface area contributed by atoms with Gasteiger partial charge >= 0.3 is 0 Å². The van der Waals surface area contributed by atoms with Gasteiger partial charge < -0.3 is 16.0 Å². The lowest BCUT2D eigenvalue weighted by Gasteiger charge is -2.42. The van der Waals surface area contributed by atoms with E-state index in [2.05, 4.69) is 15.5 Å². The van der Waals surface area contributed by atoms with Crippen molar-refractivity contribution in [2.24, 2.45) is 5.73 Å². The van der Waals surface area contributed by atoms with Crippen molar-refractivity contribution in [3.8, 4) is 0 Å². The van der Waals surface area contributed by atoms with Gasteiger partial charge in [-0.25, -0.2) is 4.39 Å². The second-order valence-corrected chi connectivity index (χ2v) is 5.07. The van der Waals surface area contributed by atoms with Crippen LogP contribution in [0.1, 0.15) is 6.42 Å². The van der Waals surface area contributed by atoms with Gasteiger partial charge in [0, 0.05) is 25.2 Å². The Morgan fingerprint density at radius 1 is 1.65 bits per heavy atom. The van der Waals surface area contributed by atoms with Crippen molar-refractivity contribution in [2.45, 2.75) is 18.0 Å². The molecule has 0 spiro atoms. The molecule has 0 aromatic carbocycles. The third-order valence-electron chi connectivity index (χ3n) is 3.50. The first-order chi connectivity index (χ1) is 8.14. The molecule has 1 aromatic rings. The van der Waals surface area contributed by atoms with Gasteiger partial charge in [0.25, 0.3) is 0 Å². The fourth-order valence-electron chi connectivity index (χ4n) is 2.73. The topological polar surface area (TPSA) is 67.1 Å². The van der Waals surface area contributed by atoms with Crippen molar-refractivity contribution in [3.63, 3.8) is 0 Å². The molecule has 5 nitrogen and oxygen atoms in total. The SMILES string of the molecule is N[C@H]1CN2c3cc(Cl)nnc3NC[C@@]2(CF)C1. The summed E-state index contributed by atoms with van der Waals surface area (Å²) in [6.07, 6.45) is 0.635. The molecule has 1 aromatic heterocycles. The van der Waals surface area contributed by atoms with Gasteiger partial charge in [-0.1, -0.05) is 11.6 Å². The Morgan fingerprint density at radius 3 is 3.24 bits per heavy atom. The number of hydrogen-bond acceptors (Lipinski definition) is 5. The van der Waals surface area contributed by atoms with Gasteiger partial charge in [0.1, 0.15) is 6.67 Å².